The van der Waals surface area contributed by atoms with Gasteiger partial charge < -0.3 is 9.51 Å². The van der Waals surface area contributed by atoms with Crippen LogP contribution in [0.25, 0.3) is 11.5 Å². The van der Waals surface area contributed by atoms with E-state index in [0.29, 0.717) is 24.0 Å². The van der Waals surface area contributed by atoms with Crippen molar-refractivity contribution in [1.82, 2.24) is 30.4 Å². The lowest BCUT2D eigenvalue weighted by molar-refractivity contribution is 0.319. The van der Waals surface area contributed by atoms with Gasteiger partial charge in [0, 0.05) is 23.6 Å². The van der Waals surface area contributed by atoms with E-state index < -0.39 is 0 Å². The molecule has 4 heterocycles. The number of hydrogen-bond donors (Lipinski definition) is 2. The molecule has 21 heavy (non-hydrogen) atoms. The second kappa shape index (κ2) is 5.05. The average Bonchev–Trinajstić information content (AvgIpc) is 3.16. The molecule has 0 saturated carbocycles. The summed E-state index contributed by atoms with van der Waals surface area (Å²) >= 11 is 3.35. The Balaban J connectivity index is 1.59. The molecule has 0 fully saturated rings. The molecular formula is C13H11BrN6O. The van der Waals surface area contributed by atoms with E-state index in [0.717, 1.165) is 22.3 Å². The maximum atomic E-state index is 5.37. The fourth-order valence-corrected chi connectivity index (χ4v) is 2.57. The predicted octanol–water partition coefficient (Wildman–Crippen LogP) is 2.00. The quantitative estimate of drug-likeness (QED) is 0.737. The van der Waals surface area contributed by atoms with E-state index in [-0.39, 0.29) is 6.04 Å². The summed E-state index contributed by atoms with van der Waals surface area (Å²) in [5.74, 6) is 1.05. The van der Waals surface area contributed by atoms with E-state index in [4.69, 9.17) is 4.52 Å². The van der Waals surface area contributed by atoms with Crippen LogP contribution in [0.3, 0.4) is 0 Å². The number of rotatable bonds is 2. The summed E-state index contributed by atoms with van der Waals surface area (Å²) < 4.78 is 6.28. The smallest absolute Gasteiger partial charge is 0.244 e. The Labute approximate surface area is 128 Å². The third-order valence-corrected chi connectivity index (χ3v) is 3.90. The van der Waals surface area contributed by atoms with E-state index in [9.17, 15) is 0 Å². The molecule has 0 aromatic carbocycles. The Morgan fingerprint density at radius 1 is 1.29 bits per heavy atom. The maximum absolute atomic E-state index is 5.37. The fourth-order valence-electron chi connectivity index (χ4n) is 2.33. The number of H-pyrrole nitrogens is 1. The molecule has 0 saturated heterocycles. The molecule has 0 spiro atoms. The van der Waals surface area contributed by atoms with Crippen molar-refractivity contribution in [2.75, 3.05) is 0 Å². The average molecular weight is 347 g/mol. The van der Waals surface area contributed by atoms with Gasteiger partial charge in [-0.15, -0.1) is 0 Å². The third kappa shape index (κ3) is 2.36. The number of nitrogens with zero attached hydrogens (tertiary/aromatic N) is 4. The molecule has 1 aliphatic rings. The highest BCUT2D eigenvalue weighted by molar-refractivity contribution is 9.10. The maximum Gasteiger partial charge on any atom is 0.244 e. The highest BCUT2D eigenvalue weighted by Crippen LogP contribution is 2.24. The van der Waals surface area contributed by atoms with Gasteiger partial charge in [0.1, 0.15) is 5.69 Å². The van der Waals surface area contributed by atoms with Gasteiger partial charge in [-0.1, -0.05) is 5.16 Å². The van der Waals surface area contributed by atoms with Crippen LogP contribution in [-0.4, -0.2) is 25.1 Å². The highest BCUT2D eigenvalue weighted by Gasteiger charge is 2.26. The lowest BCUT2D eigenvalue weighted by Crippen LogP contribution is -2.28. The van der Waals surface area contributed by atoms with Gasteiger partial charge in [-0.25, -0.2) is 4.98 Å². The standard InChI is InChI=1S/C13H11BrN6O/c14-7-1-2-8(15-4-7)12-19-13(21-20-12)10-3-9-11(5-16-10)18-6-17-9/h1-2,4,6,10,16H,3,5H2,(H,17,18). The lowest BCUT2D eigenvalue weighted by atomic mass is 10.1. The van der Waals surface area contributed by atoms with Crippen molar-refractivity contribution in [3.05, 3.63) is 46.4 Å². The zero-order valence-electron chi connectivity index (χ0n) is 10.9. The van der Waals surface area contributed by atoms with Crippen LogP contribution in [0.15, 0.2) is 33.7 Å². The van der Waals surface area contributed by atoms with Crippen molar-refractivity contribution in [3.8, 4) is 11.5 Å². The summed E-state index contributed by atoms with van der Waals surface area (Å²) in [7, 11) is 0. The van der Waals surface area contributed by atoms with E-state index >= 15 is 0 Å². The van der Waals surface area contributed by atoms with E-state index in [1.165, 1.54) is 0 Å². The molecule has 106 valence electrons. The summed E-state index contributed by atoms with van der Waals surface area (Å²) in [6.07, 6.45) is 4.15. The Bertz CT molecular complexity index is 765. The number of aromatic amines is 1. The van der Waals surface area contributed by atoms with Crippen molar-refractivity contribution in [2.45, 2.75) is 19.0 Å². The van der Waals surface area contributed by atoms with Crippen LogP contribution in [0.1, 0.15) is 23.3 Å². The molecule has 1 unspecified atom stereocenters. The lowest BCUT2D eigenvalue weighted by Gasteiger charge is -2.19. The van der Waals surface area contributed by atoms with Crippen molar-refractivity contribution in [2.24, 2.45) is 0 Å². The first-order valence-corrected chi connectivity index (χ1v) is 7.29. The molecule has 2 N–H and O–H groups in total. The second-order valence-electron chi connectivity index (χ2n) is 4.78. The Morgan fingerprint density at radius 3 is 3.10 bits per heavy atom. The number of nitrogens with one attached hydrogen (secondary N) is 2. The summed E-state index contributed by atoms with van der Waals surface area (Å²) in [4.78, 5) is 16.1. The van der Waals surface area contributed by atoms with Gasteiger partial charge in [-0.2, -0.15) is 4.98 Å². The number of hydrogen-bond acceptors (Lipinski definition) is 6. The van der Waals surface area contributed by atoms with Gasteiger partial charge in [0.05, 0.1) is 23.8 Å². The van der Waals surface area contributed by atoms with Crippen molar-refractivity contribution >= 4 is 15.9 Å². The molecule has 1 aliphatic heterocycles. The number of halogens is 1. The molecule has 3 aromatic heterocycles. The van der Waals surface area contributed by atoms with Crippen LogP contribution in [0.4, 0.5) is 0 Å². The first-order valence-electron chi connectivity index (χ1n) is 6.49. The second-order valence-corrected chi connectivity index (χ2v) is 5.70. The zero-order chi connectivity index (χ0) is 14.2. The molecule has 3 aromatic rings. The van der Waals surface area contributed by atoms with Crippen molar-refractivity contribution in [1.29, 1.82) is 0 Å². The van der Waals surface area contributed by atoms with Gasteiger partial charge >= 0.3 is 0 Å². The van der Waals surface area contributed by atoms with Crippen LogP contribution in [-0.2, 0) is 13.0 Å². The number of imidazole rings is 1. The molecule has 0 amide bonds. The normalized spacial score (nSPS) is 17.7. The van der Waals surface area contributed by atoms with E-state index in [2.05, 4.69) is 46.3 Å². The molecule has 1 atom stereocenters. The largest absolute Gasteiger partial charge is 0.347 e. The highest BCUT2D eigenvalue weighted by atomic mass is 79.9. The molecular weight excluding hydrogens is 336 g/mol. The Kier molecular flexibility index (Phi) is 3.04. The van der Waals surface area contributed by atoms with Gasteiger partial charge in [0.15, 0.2) is 0 Å². The van der Waals surface area contributed by atoms with Crippen LogP contribution in [0.5, 0.6) is 0 Å². The van der Waals surface area contributed by atoms with Crippen molar-refractivity contribution in [3.63, 3.8) is 0 Å². The number of fused-ring (bicyclic) bond motifs is 1. The van der Waals surface area contributed by atoms with E-state index in [1.54, 1.807) is 12.5 Å². The van der Waals surface area contributed by atoms with Crippen LogP contribution in [0, 0.1) is 0 Å². The predicted molar refractivity (Wildman–Crippen MR) is 77.1 cm³/mol. The van der Waals surface area contributed by atoms with Gasteiger partial charge in [-0.3, -0.25) is 10.3 Å². The Hall–Kier alpha value is -2.06. The minimum Gasteiger partial charge on any atom is -0.347 e. The van der Waals surface area contributed by atoms with Crippen LogP contribution >= 0.6 is 15.9 Å². The molecule has 4 rings (SSSR count). The number of pyridine rings is 1. The molecule has 8 heteroatoms. The van der Waals surface area contributed by atoms with Gasteiger partial charge in [0.2, 0.25) is 11.7 Å². The van der Waals surface area contributed by atoms with Gasteiger partial charge in [-0.05, 0) is 28.1 Å². The summed E-state index contributed by atoms with van der Waals surface area (Å²) in [6, 6.07) is 3.73. The summed E-state index contributed by atoms with van der Waals surface area (Å²) in [5.41, 5.74) is 2.84. The Morgan fingerprint density at radius 2 is 2.24 bits per heavy atom. The SMILES string of the molecule is Brc1ccc(-c2noc(C3Cc4nc[nH]c4CN3)n2)nc1. The minimum atomic E-state index is -0.0162. The minimum absolute atomic E-state index is 0.0162. The van der Waals surface area contributed by atoms with Crippen LogP contribution in [0.2, 0.25) is 0 Å². The van der Waals surface area contributed by atoms with Crippen LogP contribution < -0.4 is 5.32 Å². The summed E-state index contributed by atoms with van der Waals surface area (Å²) in [6.45, 7) is 0.717. The monoisotopic (exact) mass is 346 g/mol. The molecule has 0 aliphatic carbocycles. The molecule has 0 bridgehead atoms. The molecule has 0 radical (unpaired) electrons. The molecule has 7 nitrogen and oxygen atoms in total. The topological polar surface area (TPSA) is 92.5 Å². The van der Waals surface area contributed by atoms with Crippen molar-refractivity contribution < 1.29 is 4.52 Å². The third-order valence-electron chi connectivity index (χ3n) is 3.43. The number of aromatic nitrogens is 5. The first kappa shape index (κ1) is 12.7. The fraction of sp³-hybridized carbons (Fsp3) is 0.231. The summed E-state index contributed by atoms with van der Waals surface area (Å²) in [5, 5.41) is 7.36. The van der Waals surface area contributed by atoms with Gasteiger partial charge in [0.25, 0.3) is 0 Å². The zero-order valence-corrected chi connectivity index (χ0v) is 12.5. The first-order chi connectivity index (χ1) is 10.3. The van der Waals surface area contributed by atoms with E-state index in [1.807, 2.05) is 12.1 Å².